The number of hydrogen-bond acceptors (Lipinski definition) is 3. The van der Waals surface area contributed by atoms with Crippen molar-refractivity contribution in [2.24, 2.45) is 0 Å². The zero-order valence-electron chi connectivity index (χ0n) is 10.8. The molecule has 3 nitrogen and oxygen atoms in total. The Morgan fingerprint density at radius 1 is 1.14 bits per heavy atom. The molecule has 0 unspecified atom stereocenters. The van der Waals surface area contributed by atoms with Crippen molar-refractivity contribution in [2.75, 3.05) is 5.32 Å². The van der Waals surface area contributed by atoms with Crippen LogP contribution in [0.2, 0.25) is 0 Å². The highest BCUT2D eigenvalue weighted by Crippen LogP contribution is 2.28. The van der Waals surface area contributed by atoms with E-state index in [4.69, 9.17) is 5.26 Å². The normalized spacial score (nSPS) is 10.3. The summed E-state index contributed by atoms with van der Waals surface area (Å²) in [6.07, 6.45) is 1.70. The molecule has 3 rings (SSSR count). The van der Waals surface area contributed by atoms with Gasteiger partial charge in [-0.3, -0.25) is 4.98 Å². The van der Waals surface area contributed by atoms with Crippen LogP contribution in [0.4, 0.5) is 15.8 Å². The number of pyridine rings is 1. The molecule has 0 fully saturated rings. The molecule has 102 valence electrons. The third kappa shape index (κ3) is 2.58. The molecule has 0 atom stereocenters. The van der Waals surface area contributed by atoms with Gasteiger partial charge >= 0.3 is 0 Å². The van der Waals surface area contributed by atoms with Gasteiger partial charge in [0.05, 0.1) is 16.9 Å². The number of anilines is 2. The lowest BCUT2D eigenvalue weighted by Crippen LogP contribution is -1.97. The van der Waals surface area contributed by atoms with E-state index in [-0.39, 0.29) is 5.56 Å². The molecule has 0 aliphatic carbocycles. The lowest BCUT2D eigenvalue weighted by atomic mass is 10.1. The van der Waals surface area contributed by atoms with Gasteiger partial charge in [0.15, 0.2) is 0 Å². The summed E-state index contributed by atoms with van der Waals surface area (Å²) in [6, 6.07) is 14.0. The topological polar surface area (TPSA) is 48.7 Å². The van der Waals surface area contributed by atoms with Crippen molar-refractivity contribution >= 4 is 38.2 Å². The second-order valence-corrected chi connectivity index (χ2v) is 5.35. The van der Waals surface area contributed by atoms with E-state index in [0.717, 1.165) is 21.1 Å². The Bertz CT molecular complexity index is 871. The maximum atomic E-state index is 13.6. The SMILES string of the molecule is N#Cc1c(F)cccc1Nc1cccc2cc(Br)cnc12. The van der Waals surface area contributed by atoms with Gasteiger partial charge in [0, 0.05) is 16.1 Å². The largest absolute Gasteiger partial charge is 0.353 e. The van der Waals surface area contributed by atoms with Gasteiger partial charge in [-0.25, -0.2) is 4.39 Å². The first-order valence-corrected chi connectivity index (χ1v) is 6.98. The van der Waals surface area contributed by atoms with Crippen molar-refractivity contribution in [3.8, 4) is 6.07 Å². The first-order chi connectivity index (χ1) is 10.2. The first kappa shape index (κ1) is 13.5. The molecule has 1 aromatic heterocycles. The number of nitriles is 1. The van der Waals surface area contributed by atoms with E-state index in [1.165, 1.54) is 6.07 Å². The Morgan fingerprint density at radius 2 is 1.90 bits per heavy atom. The number of benzene rings is 2. The van der Waals surface area contributed by atoms with Crippen LogP contribution in [0.1, 0.15) is 5.56 Å². The molecule has 1 N–H and O–H groups in total. The minimum absolute atomic E-state index is 0.00776. The van der Waals surface area contributed by atoms with E-state index in [1.54, 1.807) is 18.3 Å². The summed E-state index contributed by atoms with van der Waals surface area (Å²) in [5.74, 6) is -0.543. The molecule has 0 aliphatic heterocycles. The molecule has 3 aromatic rings. The van der Waals surface area contributed by atoms with E-state index in [2.05, 4.69) is 26.2 Å². The van der Waals surface area contributed by atoms with Crippen molar-refractivity contribution in [1.29, 1.82) is 5.26 Å². The molecule has 0 saturated carbocycles. The Labute approximate surface area is 129 Å². The number of nitrogens with one attached hydrogen (secondary N) is 1. The van der Waals surface area contributed by atoms with E-state index < -0.39 is 5.82 Å². The van der Waals surface area contributed by atoms with E-state index in [1.807, 2.05) is 30.3 Å². The predicted octanol–water partition coefficient (Wildman–Crippen LogP) is 4.75. The lowest BCUT2D eigenvalue weighted by molar-refractivity contribution is 0.624. The summed E-state index contributed by atoms with van der Waals surface area (Å²) in [5, 5.41) is 13.1. The van der Waals surface area contributed by atoms with Gasteiger partial charge in [-0.1, -0.05) is 18.2 Å². The average molecular weight is 342 g/mol. The monoisotopic (exact) mass is 341 g/mol. The quantitative estimate of drug-likeness (QED) is 0.731. The van der Waals surface area contributed by atoms with Gasteiger partial charge in [0.2, 0.25) is 0 Å². The van der Waals surface area contributed by atoms with Crippen LogP contribution in [0.3, 0.4) is 0 Å². The smallest absolute Gasteiger partial charge is 0.143 e. The van der Waals surface area contributed by atoms with E-state index in [9.17, 15) is 4.39 Å². The lowest BCUT2D eigenvalue weighted by Gasteiger charge is -2.11. The molecule has 1 heterocycles. The van der Waals surface area contributed by atoms with Gasteiger partial charge < -0.3 is 5.32 Å². The number of aromatic nitrogens is 1. The molecule has 21 heavy (non-hydrogen) atoms. The number of rotatable bonds is 2. The second-order valence-electron chi connectivity index (χ2n) is 4.43. The Morgan fingerprint density at radius 3 is 2.71 bits per heavy atom. The fourth-order valence-electron chi connectivity index (χ4n) is 2.12. The highest BCUT2D eigenvalue weighted by Gasteiger charge is 2.09. The Balaban J connectivity index is 2.11. The number of fused-ring (bicyclic) bond motifs is 1. The van der Waals surface area contributed by atoms with Crippen molar-refractivity contribution in [1.82, 2.24) is 4.98 Å². The van der Waals surface area contributed by atoms with E-state index in [0.29, 0.717) is 5.69 Å². The number of nitrogens with zero attached hydrogens (tertiary/aromatic N) is 2. The molecule has 0 saturated heterocycles. The summed E-state index contributed by atoms with van der Waals surface area (Å²) in [4.78, 5) is 4.37. The number of halogens is 2. The fourth-order valence-corrected chi connectivity index (χ4v) is 2.47. The van der Waals surface area contributed by atoms with Crippen molar-refractivity contribution in [2.45, 2.75) is 0 Å². The maximum absolute atomic E-state index is 13.6. The number of para-hydroxylation sites is 1. The molecule has 0 radical (unpaired) electrons. The molecule has 0 aliphatic rings. The summed E-state index contributed by atoms with van der Waals surface area (Å²) in [5.41, 5.74) is 1.90. The summed E-state index contributed by atoms with van der Waals surface area (Å²) in [6.45, 7) is 0. The first-order valence-electron chi connectivity index (χ1n) is 6.19. The van der Waals surface area contributed by atoms with Crippen LogP contribution in [0, 0.1) is 17.1 Å². The molecule has 0 bridgehead atoms. The summed E-state index contributed by atoms with van der Waals surface area (Å²) in [7, 11) is 0. The van der Waals surface area contributed by atoms with Gasteiger partial charge in [0.1, 0.15) is 17.4 Å². The molecule has 5 heteroatoms. The van der Waals surface area contributed by atoms with Crippen LogP contribution in [0.25, 0.3) is 10.9 Å². The second kappa shape index (κ2) is 5.51. The minimum atomic E-state index is -0.543. The van der Waals surface area contributed by atoms with Crippen LogP contribution >= 0.6 is 15.9 Å². The Hall–Kier alpha value is -2.45. The standard InChI is InChI=1S/C16H9BrFN3/c17-11-7-10-3-1-6-15(16(10)20-9-11)21-14-5-2-4-13(18)12(14)8-19/h1-7,9,21H. The van der Waals surface area contributed by atoms with E-state index >= 15 is 0 Å². The van der Waals surface area contributed by atoms with Crippen LogP contribution in [0.15, 0.2) is 53.1 Å². The van der Waals surface area contributed by atoms with Crippen LogP contribution in [-0.4, -0.2) is 4.98 Å². The summed E-state index contributed by atoms with van der Waals surface area (Å²) >= 11 is 3.38. The van der Waals surface area contributed by atoms with Crippen molar-refractivity contribution in [3.05, 3.63) is 64.5 Å². The van der Waals surface area contributed by atoms with Gasteiger partial charge in [-0.15, -0.1) is 0 Å². The zero-order valence-corrected chi connectivity index (χ0v) is 12.4. The molecule has 2 aromatic carbocycles. The van der Waals surface area contributed by atoms with Crippen molar-refractivity contribution < 1.29 is 4.39 Å². The predicted molar refractivity (Wildman–Crippen MR) is 83.8 cm³/mol. The zero-order chi connectivity index (χ0) is 14.8. The number of hydrogen-bond donors (Lipinski definition) is 1. The van der Waals surface area contributed by atoms with Crippen molar-refractivity contribution in [3.63, 3.8) is 0 Å². The van der Waals surface area contributed by atoms with Gasteiger partial charge in [-0.2, -0.15) is 5.26 Å². The maximum Gasteiger partial charge on any atom is 0.143 e. The highest BCUT2D eigenvalue weighted by molar-refractivity contribution is 9.10. The molecular weight excluding hydrogens is 333 g/mol. The third-order valence-electron chi connectivity index (χ3n) is 3.07. The third-order valence-corrected chi connectivity index (χ3v) is 3.51. The highest BCUT2D eigenvalue weighted by atomic mass is 79.9. The van der Waals surface area contributed by atoms with Gasteiger partial charge in [-0.05, 0) is 40.2 Å². The summed E-state index contributed by atoms with van der Waals surface area (Å²) < 4.78 is 14.5. The van der Waals surface area contributed by atoms with Crippen LogP contribution < -0.4 is 5.32 Å². The fraction of sp³-hybridized carbons (Fsp3) is 0. The average Bonchev–Trinajstić information content (AvgIpc) is 2.47. The Kier molecular flexibility index (Phi) is 3.55. The van der Waals surface area contributed by atoms with Crippen LogP contribution in [0.5, 0.6) is 0 Å². The molecule has 0 spiro atoms. The minimum Gasteiger partial charge on any atom is -0.353 e. The molecule has 0 amide bonds. The molecular formula is C16H9BrFN3. The van der Waals surface area contributed by atoms with Gasteiger partial charge in [0.25, 0.3) is 0 Å². The van der Waals surface area contributed by atoms with Crippen LogP contribution in [-0.2, 0) is 0 Å².